The van der Waals surface area contributed by atoms with Crippen molar-refractivity contribution in [2.45, 2.75) is 32.0 Å². The molecule has 11 heteroatoms. The largest absolute Gasteiger partial charge is 0.497 e. The van der Waals surface area contributed by atoms with Gasteiger partial charge in [-0.25, -0.2) is 4.79 Å². The summed E-state index contributed by atoms with van der Waals surface area (Å²) in [7, 11) is 3.41. The molecular formula is C31H37N5O6. The smallest absolute Gasteiger partial charge is 0.354 e. The number of hydrazone groups is 1. The first kappa shape index (κ1) is 28.2. The number of carbonyl (C=O) groups is 3. The Morgan fingerprint density at radius 2 is 1.83 bits per heavy atom. The van der Waals surface area contributed by atoms with E-state index in [0.29, 0.717) is 63.6 Å². The Hall–Kier alpha value is -3.96. The van der Waals surface area contributed by atoms with Crippen LogP contribution in [0.1, 0.15) is 34.8 Å². The Balaban J connectivity index is 1.44. The molecule has 0 saturated carbocycles. The molecule has 2 aromatic carbocycles. The van der Waals surface area contributed by atoms with Gasteiger partial charge in [-0.05, 0) is 55.2 Å². The number of likely N-dealkylation sites (N-methyl/N-ethyl adjacent to an activating group) is 1. The highest BCUT2D eigenvalue weighted by Crippen LogP contribution is 2.46. The normalized spacial score (nSPS) is 24.3. The van der Waals surface area contributed by atoms with Gasteiger partial charge in [0.2, 0.25) is 0 Å². The number of hydrogen-bond donors (Lipinski definition) is 0. The fraction of sp³-hybridized carbons (Fsp3) is 0.484. The Morgan fingerprint density at radius 3 is 2.55 bits per heavy atom. The van der Waals surface area contributed by atoms with E-state index in [9.17, 15) is 9.59 Å². The summed E-state index contributed by atoms with van der Waals surface area (Å²) in [6.45, 7) is 5.28. The molecule has 2 saturated heterocycles. The van der Waals surface area contributed by atoms with Crippen LogP contribution in [0.5, 0.6) is 5.75 Å². The number of methoxy groups -OCH3 is 1. The van der Waals surface area contributed by atoms with Crippen LogP contribution in [0.15, 0.2) is 47.6 Å². The highest BCUT2D eigenvalue weighted by atomic mass is 16.5. The fourth-order valence-electron chi connectivity index (χ4n) is 6.66. The van der Waals surface area contributed by atoms with E-state index in [0.717, 1.165) is 23.3 Å². The summed E-state index contributed by atoms with van der Waals surface area (Å²) in [5.41, 5.74) is 2.21. The predicted octanol–water partition coefficient (Wildman–Crippen LogP) is 2.14. The highest BCUT2D eigenvalue weighted by Gasteiger charge is 2.65. The molecule has 0 bridgehead atoms. The Labute approximate surface area is 245 Å². The van der Waals surface area contributed by atoms with E-state index < -0.39 is 17.6 Å². The third-order valence-corrected chi connectivity index (χ3v) is 8.81. The van der Waals surface area contributed by atoms with Crippen LogP contribution < -0.4 is 9.64 Å². The second-order valence-electron chi connectivity index (χ2n) is 11.1. The summed E-state index contributed by atoms with van der Waals surface area (Å²) >= 11 is 0. The second kappa shape index (κ2) is 11.4. The van der Waals surface area contributed by atoms with Crippen molar-refractivity contribution in [1.82, 2.24) is 14.8 Å². The minimum Gasteiger partial charge on any atom is -0.497 e. The molecule has 0 spiro atoms. The van der Waals surface area contributed by atoms with Gasteiger partial charge in [0.15, 0.2) is 11.4 Å². The number of morpholine rings is 1. The summed E-state index contributed by atoms with van der Waals surface area (Å²) in [6, 6.07) is 13.4. The van der Waals surface area contributed by atoms with E-state index in [-0.39, 0.29) is 24.1 Å². The first-order chi connectivity index (χ1) is 20.4. The van der Waals surface area contributed by atoms with Gasteiger partial charge in [-0.1, -0.05) is 18.2 Å². The monoisotopic (exact) mass is 575 g/mol. The average molecular weight is 576 g/mol. The molecule has 222 valence electrons. The van der Waals surface area contributed by atoms with Gasteiger partial charge < -0.3 is 24.0 Å². The van der Waals surface area contributed by atoms with Gasteiger partial charge in [-0.3, -0.25) is 19.5 Å². The third-order valence-electron chi connectivity index (χ3n) is 8.81. The second-order valence-corrected chi connectivity index (χ2v) is 11.1. The van der Waals surface area contributed by atoms with Crippen molar-refractivity contribution in [3.8, 4) is 5.75 Å². The Bertz CT molecular complexity index is 1410. The van der Waals surface area contributed by atoms with Gasteiger partial charge in [0.25, 0.3) is 11.8 Å². The van der Waals surface area contributed by atoms with Crippen LogP contribution in [-0.2, 0) is 32.0 Å². The van der Waals surface area contributed by atoms with Gasteiger partial charge in [0, 0.05) is 44.5 Å². The lowest BCUT2D eigenvalue weighted by molar-refractivity contribution is -0.162. The van der Waals surface area contributed by atoms with Gasteiger partial charge >= 0.3 is 5.97 Å². The number of rotatable bonds is 7. The standard InChI is InChI=1S/C31H37N5O6/c1-4-42-29(38)27-26-12-14-35(23-8-7-22-11-13-33(2)28(37)25(22)19-23)30(39)31(26,34-15-17-41-18-16-34)36(32-27)20-21-5-9-24(40-3)10-6-21/h5-10,19,26H,4,11-18,20H2,1-3H3. The number of ether oxygens (including phenoxy) is 3. The number of carbonyl (C=O) groups excluding carboxylic acids is 3. The van der Waals surface area contributed by atoms with Crippen molar-refractivity contribution in [2.24, 2.45) is 11.0 Å². The Kier molecular flexibility index (Phi) is 7.63. The van der Waals surface area contributed by atoms with E-state index in [4.69, 9.17) is 19.3 Å². The molecule has 2 unspecified atom stereocenters. The topological polar surface area (TPSA) is 104 Å². The number of hydrogen-bond acceptors (Lipinski definition) is 9. The summed E-state index contributed by atoms with van der Waals surface area (Å²) in [5.74, 6) is -0.487. The number of nitrogens with zero attached hydrogens (tertiary/aromatic N) is 5. The number of esters is 1. The molecule has 4 aliphatic rings. The minimum absolute atomic E-state index is 0.0433. The molecule has 2 atom stereocenters. The molecule has 0 N–H and O–H groups in total. The highest BCUT2D eigenvalue weighted by molar-refractivity contribution is 6.39. The number of piperidine rings is 1. The fourth-order valence-corrected chi connectivity index (χ4v) is 6.66. The van der Waals surface area contributed by atoms with E-state index in [2.05, 4.69) is 4.90 Å². The van der Waals surface area contributed by atoms with Crippen molar-refractivity contribution in [1.29, 1.82) is 0 Å². The molecule has 6 rings (SSSR count). The van der Waals surface area contributed by atoms with Crippen molar-refractivity contribution in [3.05, 3.63) is 59.2 Å². The lowest BCUT2D eigenvalue weighted by Crippen LogP contribution is -2.73. The van der Waals surface area contributed by atoms with Crippen LogP contribution in [-0.4, -0.2) is 104 Å². The SMILES string of the molecule is CCOC(=O)C1=NN(Cc2ccc(OC)cc2)C2(N3CCOCC3)C(=O)N(c3ccc4c(c3)C(=O)N(C)CC4)CCC12. The van der Waals surface area contributed by atoms with Crippen LogP contribution in [0.4, 0.5) is 5.69 Å². The van der Waals surface area contributed by atoms with Crippen molar-refractivity contribution >= 4 is 29.2 Å². The van der Waals surface area contributed by atoms with Crippen molar-refractivity contribution in [3.63, 3.8) is 0 Å². The van der Waals surface area contributed by atoms with Crippen LogP contribution in [0.25, 0.3) is 0 Å². The molecule has 0 aromatic heterocycles. The summed E-state index contributed by atoms with van der Waals surface area (Å²) in [5, 5.41) is 6.64. The molecule has 11 nitrogen and oxygen atoms in total. The average Bonchev–Trinajstić information content (AvgIpc) is 3.35. The lowest BCUT2D eigenvalue weighted by Gasteiger charge is -2.53. The number of amides is 2. The van der Waals surface area contributed by atoms with E-state index in [1.165, 1.54) is 0 Å². The minimum atomic E-state index is -1.26. The first-order valence-electron chi connectivity index (χ1n) is 14.6. The van der Waals surface area contributed by atoms with Crippen LogP contribution in [0.3, 0.4) is 0 Å². The van der Waals surface area contributed by atoms with Crippen molar-refractivity contribution in [2.75, 3.05) is 65.1 Å². The zero-order valence-electron chi connectivity index (χ0n) is 24.4. The maximum atomic E-state index is 15.0. The van der Waals surface area contributed by atoms with Gasteiger partial charge in [-0.2, -0.15) is 5.10 Å². The molecule has 0 radical (unpaired) electrons. The quantitative estimate of drug-likeness (QED) is 0.463. The Morgan fingerprint density at radius 1 is 1.07 bits per heavy atom. The predicted molar refractivity (Wildman–Crippen MR) is 155 cm³/mol. The first-order valence-corrected chi connectivity index (χ1v) is 14.6. The van der Waals surface area contributed by atoms with E-state index in [1.54, 1.807) is 35.9 Å². The van der Waals surface area contributed by atoms with Crippen LogP contribution in [0, 0.1) is 5.92 Å². The lowest BCUT2D eigenvalue weighted by atomic mass is 9.79. The van der Waals surface area contributed by atoms with E-state index in [1.807, 2.05) is 42.5 Å². The maximum Gasteiger partial charge on any atom is 0.354 e. The summed E-state index contributed by atoms with van der Waals surface area (Å²) in [6.07, 6.45) is 1.28. The molecule has 0 aliphatic carbocycles. The van der Waals surface area contributed by atoms with E-state index >= 15 is 4.79 Å². The zero-order chi connectivity index (χ0) is 29.4. The van der Waals surface area contributed by atoms with Crippen molar-refractivity contribution < 1.29 is 28.6 Å². The third kappa shape index (κ3) is 4.60. The molecule has 2 aromatic rings. The van der Waals surface area contributed by atoms with Gasteiger partial charge in [-0.15, -0.1) is 0 Å². The zero-order valence-corrected chi connectivity index (χ0v) is 24.4. The van der Waals surface area contributed by atoms with Gasteiger partial charge in [0.1, 0.15) is 5.75 Å². The number of benzene rings is 2. The molecule has 42 heavy (non-hydrogen) atoms. The number of anilines is 1. The molecule has 2 fully saturated rings. The molecule has 4 heterocycles. The summed E-state index contributed by atoms with van der Waals surface area (Å²) in [4.78, 5) is 46.9. The van der Waals surface area contributed by atoms with Crippen LogP contribution >= 0.6 is 0 Å². The summed E-state index contributed by atoms with van der Waals surface area (Å²) < 4.78 is 16.5. The molecule has 4 aliphatic heterocycles. The number of fused-ring (bicyclic) bond motifs is 2. The molecule has 2 amide bonds. The maximum absolute atomic E-state index is 15.0. The molecular weight excluding hydrogens is 538 g/mol. The van der Waals surface area contributed by atoms with Gasteiger partial charge in [0.05, 0.1) is 39.4 Å². The van der Waals surface area contributed by atoms with Crippen LogP contribution in [0.2, 0.25) is 0 Å².